The van der Waals surface area contributed by atoms with Crippen LogP contribution in [0.2, 0.25) is 0 Å². The number of nitro groups is 1. The fourth-order valence-corrected chi connectivity index (χ4v) is 1.15. The first-order valence-electron chi connectivity index (χ1n) is 4.67. The molecule has 24 heavy (non-hydrogen) atoms. The van der Waals surface area contributed by atoms with E-state index in [1.165, 1.54) is 0 Å². The number of hydrogen-bond acceptors (Lipinski definition) is 5. The maximum absolute atomic E-state index is 9.94. The highest BCUT2D eigenvalue weighted by Crippen LogP contribution is 2.26. The molecule has 0 aliphatic carbocycles. The summed E-state index contributed by atoms with van der Waals surface area (Å²) in [5.41, 5.74) is 0.981. The summed E-state index contributed by atoms with van der Waals surface area (Å²) in [5.74, 6) is 0.438. The summed E-state index contributed by atoms with van der Waals surface area (Å²) in [5, 5.41) is 9.94. The van der Waals surface area contributed by atoms with Crippen LogP contribution in [0.1, 0.15) is 5.56 Å². The molecule has 0 unspecified atom stereocenters. The molecule has 0 saturated heterocycles. The van der Waals surface area contributed by atoms with Gasteiger partial charge in [-0.05, 0) is 5.56 Å². The molecule has 1 aromatic rings. The number of benzene rings is 1. The first kappa shape index (κ1) is 34.4. The molecule has 0 spiro atoms. The van der Waals surface area contributed by atoms with Crippen LogP contribution in [-0.4, -0.2) is 50.1 Å². The Labute approximate surface area is 139 Å². The fraction of sp³-hybridized carbons (Fsp3) is 0.143. The minimum Gasteiger partial charge on any atom is -0.412 e. The maximum Gasteiger partial charge on any atom is 0.466 e. The van der Waals surface area contributed by atoms with E-state index in [4.69, 9.17) is 38.5 Å². The highest BCUT2D eigenvalue weighted by atomic mass is 32.2. The van der Waals surface area contributed by atoms with Crippen LogP contribution in [0.15, 0.2) is 30.3 Å². The van der Waals surface area contributed by atoms with Gasteiger partial charge in [0.25, 0.3) is 0 Å². The molecule has 17 heteroatoms. The van der Waals surface area contributed by atoms with Gasteiger partial charge < -0.3 is 45.8 Å². The zero-order valence-electron chi connectivity index (χ0n) is 11.7. The molecule has 0 bridgehead atoms. The number of hydrogen-bond donors (Lipinski definition) is 6. The van der Waals surface area contributed by atoms with Gasteiger partial charge in [-0.2, -0.15) is 0 Å². The summed E-state index contributed by atoms with van der Waals surface area (Å²) >= 11 is 0.707. The van der Waals surface area contributed by atoms with E-state index < -0.39 is 15.6 Å². The maximum atomic E-state index is 9.94. The molecule has 1 aromatic carbocycles. The second-order valence-corrected chi connectivity index (χ2v) is 5.91. The third-order valence-corrected chi connectivity index (χ3v) is 1.85. The molecule has 0 amide bonds. The molecule has 12 N–H and O–H groups in total. The topological polar surface area (TPSA) is 293 Å². The Morgan fingerprint density at radius 1 is 0.875 bits per heavy atom. The fourth-order valence-electron chi connectivity index (χ4n) is 0.701. The van der Waals surface area contributed by atoms with Crippen LogP contribution < -0.4 is 0 Å². The van der Waals surface area contributed by atoms with Crippen molar-refractivity contribution in [2.24, 2.45) is 0 Å². The van der Waals surface area contributed by atoms with Crippen molar-refractivity contribution in [1.82, 2.24) is 0 Å². The number of nitrogens with zero attached hydrogens (tertiary/aromatic N) is 1. The van der Waals surface area contributed by atoms with E-state index in [2.05, 4.69) is 0 Å². The summed E-state index contributed by atoms with van der Waals surface area (Å²) in [6, 6.07) is 9.37. The summed E-state index contributed by atoms with van der Waals surface area (Å²) in [4.78, 5) is 53.1. The molecule has 0 aliphatic rings. The standard InChI is InChI=1S/C7H7NO2S.2H3O4P.3H2O/c9-8(10)11-6-7-4-2-1-3-5-7;2*1-5(2,3)4;;;/h1-5H,6H2;2*(H3,1,2,3,4);3*1H2. The average molecular weight is 419 g/mol. The van der Waals surface area contributed by atoms with Crippen molar-refractivity contribution in [3.05, 3.63) is 46.0 Å². The second kappa shape index (κ2) is 16.9. The van der Waals surface area contributed by atoms with Crippen molar-refractivity contribution in [3.8, 4) is 0 Å². The lowest BCUT2D eigenvalue weighted by atomic mass is 10.2. The monoisotopic (exact) mass is 419 g/mol. The molecular formula is C7H19NO13P2S. The van der Waals surface area contributed by atoms with E-state index in [0.29, 0.717) is 17.7 Å². The Bertz CT molecular complexity index is 466. The molecule has 0 aliphatic heterocycles. The molecule has 0 fully saturated rings. The highest BCUT2D eigenvalue weighted by Gasteiger charge is 2.01. The minimum atomic E-state index is -4.64. The van der Waals surface area contributed by atoms with Gasteiger partial charge in [0, 0.05) is 0 Å². The van der Waals surface area contributed by atoms with Gasteiger partial charge in [0.05, 0.1) is 5.75 Å². The van der Waals surface area contributed by atoms with Gasteiger partial charge in [-0.15, -0.1) is 0 Å². The van der Waals surface area contributed by atoms with E-state index in [9.17, 15) is 10.1 Å². The lowest BCUT2D eigenvalue weighted by Gasteiger charge is -1.91. The van der Waals surface area contributed by atoms with Crippen LogP contribution in [-0.2, 0) is 14.9 Å². The molecule has 14 nitrogen and oxygen atoms in total. The van der Waals surface area contributed by atoms with Crippen LogP contribution in [0.25, 0.3) is 0 Å². The van der Waals surface area contributed by atoms with Gasteiger partial charge in [0.2, 0.25) is 11.9 Å². The number of rotatable bonds is 3. The van der Waals surface area contributed by atoms with E-state index in [1.807, 2.05) is 30.3 Å². The SMILES string of the molecule is O.O.O.O=P(O)(O)O.O=P(O)(O)O.O=[N+]([O-])SCc1ccccc1. The van der Waals surface area contributed by atoms with Gasteiger partial charge in [-0.3, -0.25) is 10.1 Å². The normalized spacial score (nSPS) is 9.25. The van der Waals surface area contributed by atoms with Gasteiger partial charge in [0.1, 0.15) is 4.33 Å². The van der Waals surface area contributed by atoms with Gasteiger partial charge in [-0.25, -0.2) is 9.13 Å². The smallest absolute Gasteiger partial charge is 0.412 e. The molecule has 0 atom stereocenters. The Kier molecular flexibility index (Phi) is 24.2. The summed E-state index contributed by atoms with van der Waals surface area (Å²) in [7, 11) is -9.28. The summed E-state index contributed by atoms with van der Waals surface area (Å²) in [6.07, 6.45) is 0. The summed E-state index contributed by atoms with van der Waals surface area (Å²) in [6.45, 7) is 0. The minimum absolute atomic E-state index is 0. The van der Waals surface area contributed by atoms with Crippen molar-refractivity contribution >= 4 is 27.6 Å². The lowest BCUT2D eigenvalue weighted by molar-refractivity contribution is -0.284. The van der Waals surface area contributed by atoms with Crippen LogP contribution >= 0.6 is 27.6 Å². The van der Waals surface area contributed by atoms with Crippen LogP contribution in [0.4, 0.5) is 0 Å². The zero-order valence-corrected chi connectivity index (χ0v) is 14.3. The Morgan fingerprint density at radius 2 is 1.17 bits per heavy atom. The van der Waals surface area contributed by atoms with E-state index >= 15 is 0 Å². The van der Waals surface area contributed by atoms with Crippen molar-refractivity contribution in [2.75, 3.05) is 0 Å². The highest BCUT2D eigenvalue weighted by molar-refractivity contribution is 7.92. The van der Waals surface area contributed by atoms with Crippen molar-refractivity contribution in [2.45, 2.75) is 5.75 Å². The van der Waals surface area contributed by atoms with E-state index in [0.717, 1.165) is 5.56 Å². The molecule has 0 saturated carbocycles. The van der Waals surface area contributed by atoms with Crippen molar-refractivity contribution in [3.63, 3.8) is 0 Å². The van der Waals surface area contributed by atoms with E-state index in [-0.39, 0.29) is 20.8 Å². The number of phosphoric acid groups is 2. The average Bonchev–Trinajstić information content (AvgIpc) is 2.23. The molecule has 0 radical (unpaired) electrons. The quantitative estimate of drug-likeness (QED) is 0.132. The molecular weight excluding hydrogens is 400 g/mol. The predicted molar refractivity (Wildman–Crippen MR) is 84.1 cm³/mol. The van der Waals surface area contributed by atoms with Gasteiger partial charge >= 0.3 is 15.6 Å². The first-order valence-corrected chi connectivity index (χ1v) is 8.74. The predicted octanol–water partition coefficient (Wildman–Crippen LogP) is -2.22. The van der Waals surface area contributed by atoms with Crippen LogP contribution in [0.3, 0.4) is 0 Å². The largest absolute Gasteiger partial charge is 0.466 e. The third kappa shape index (κ3) is 58.3. The van der Waals surface area contributed by atoms with Gasteiger partial charge in [0.15, 0.2) is 0 Å². The zero-order chi connectivity index (χ0) is 17.1. The summed E-state index contributed by atoms with van der Waals surface area (Å²) < 4.78 is 17.4. The Hall–Kier alpha value is -0.930. The van der Waals surface area contributed by atoms with E-state index in [1.54, 1.807) is 0 Å². The Balaban J connectivity index is -0.0000000803. The Morgan fingerprint density at radius 3 is 1.42 bits per heavy atom. The van der Waals surface area contributed by atoms with Gasteiger partial charge in [-0.1, -0.05) is 30.3 Å². The van der Waals surface area contributed by atoms with Crippen molar-refractivity contribution < 1.29 is 59.2 Å². The van der Waals surface area contributed by atoms with Crippen LogP contribution in [0, 0.1) is 10.1 Å². The molecule has 146 valence electrons. The lowest BCUT2D eigenvalue weighted by Crippen LogP contribution is -1.85. The van der Waals surface area contributed by atoms with Crippen LogP contribution in [0.5, 0.6) is 0 Å². The molecule has 0 heterocycles. The molecule has 1 rings (SSSR count). The first-order chi connectivity index (χ1) is 9.29. The van der Waals surface area contributed by atoms with Crippen molar-refractivity contribution in [1.29, 1.82) is 0 Å². The second-order valence-electron chi connectivity index (χ2n) is 3.01. The third-order valence-electron chi connectivity index (χ3n) is 1.18. The molecule has 0 aromatic heterocycles.